The van der Waals surface area contributed by atoms with Crippen LogP contribution in [-0.4, -0.2) is 16.0 Å². The second kappa shape index (κ2) is 8.15. The molecule has 2 aromatic carbocycles. The monoisotopic (exact) mass is 334 g/mol. The third-order valence-corrected chi connectivity index (χ3v) is 3.90. The van der Waals surface area contributed by atoms with E-state index in [-0.39, 0.29) is 23.7 Å². The maximum Gasteiger partial charge on any atom is 0.160 e. The maximum absolute atomic E-state index is 12.0. The number of hydrogen-bond acceptors (Lipinski definition) is 3. The van der Waals surface area contributed by atoms with Crippen molar-refractivity contribution in [3.05, 3.63) is 83.0 Å². The maximum atomic E-state index is 12.0. The van der Waals surface area contributed by atoms with E-state index in [4.69, 9.17) is 0 Å². The van der Waals surface area contributed by atoms with E-state index in [2.05, 4.69) is 32.6 Å². The predicted octanol–water partition coefficient (Wildman–Crippen LogP) is 4.96. The van der Waals surface area contributed by atoms with Gasteiger partial charge in [-0.25, -0.2) is 0 Å². The van der Waals surface area contributed by atoms with Crippen LogP contribution in [0.25, 0.3) is 12.2 Å². The summed E-state index contributed by atoms with van der Waals surface area (Å²) in [4.78, 5) is 12.0. The topological polar surface area (TPSA) is 57.5 Å². The summed E-state index contributed by atoms with van der Waals surface area (Å²) in [5.41, 5.74) is 4.91. The highest BCUT2D eigenvalue weighted by Crippen LogP contribution is 2.25. The van der Waals surface area contributed by atoms with Crippen LogP contribution in [0.4, 0.5) is 0 Å². The fourth-order valence-corrected chi connectivity index (χ4v) is 2.26. The van der Waals surface area contributed by atoms with Crippen molar-refractivity contribution < 1.29 is 15.0 Å². The molecule has 0 atom stereocenters. The molecule has 25 heavy (non-hydrogen) atoms. The van der Waals surface area contributed by atoms with Crippen molar-refractivity contribution in [2.45, 2.75) is 20.3 Å². The molecule has 0 radical (unpaired) electrons. The molecule has 0 bridgehead atoms. The van der Waals surface area contributed by atoms with E-state index in [9.17, 15) is 15.0 Å². The van der Waals surface area contributed by atoms with Gasteiger partial charge in [-0.1, -0.05) is 49.1 Å². The van der Waals surface area contributed by atoms with E-state index in [1.54, 1.807) is 12.1 Å². The molecule has 0 amide bonds. The largest absolute Gasteiger partial charge is 0.504 e. The Labute approximate surface area is 148 Å². The lowest BCUT2D eigenvalue weighted by atomic mass is 10.0. The Balaban J connectivity index is 1.94. The van der Waals surface area contributed by atoms with E-state index < -0.39 is 0 Å². The first kappa shape index (κ1) is 18.3. The van der Waals surface area contributed by atoms with Gasteiger partial charge in [0.1, 0.15) is 0 Å². The van der Waals surface area contributed by atoms with Gasteiger partial charge >= 0.3 is 0 Å². The van der Waals surface area contributed by atoms with Gasteiger partial charge in [-0.3, -0.25) is 4.79 Å². The second-order valence-electron chi connectivity index (χ2n) is 6.06. The standard InChI is InChI=1S/C22H22O3/c1-15(4-6-18-7-5-16(2)17(3)13-18)12-20(23)10-8-19-9-11-21(24)22(25)14-19/h4-11,13-14,24-25H,1,12H2,2-3H3/b6-4+,10-8+. The van der Waals surface area contributed by atoms with Gasteiger partial charge in [0.05, 0.1) is 0 Å². The van der Waals surface area contributed by atoms with Crippen molar-refractivity contribution in [1.82, 2.24) is 0 Å². The lowest BCUT2D eigenvalue weighted by Gasteiger charge is -2.01. The highest BCUT2D eigenvalue weighted by atomic mass is 16.3. The van der Waals surface area contributed by atoms with Gasteiger partial charge in [-0.2, -0.15) is 0 Å². The summed E-state index contributed by atoms with van der Waals surface area (Å²) in [5, 5.41) is 18.7. The van der Waals surface area contributed by atoms with Crippen molar-refractivity contribution in [1.29, 1.82) is 0 Å². The number of benzene rings is 2. The van der Waals surface area contributed by atoms with Gasteiger partial charge in [0, 0.05) is 6.42 Å². The summed E-state index contributed by atoms with van der Waals surface area (Å²) in [6, 6.07) is 10.6. The molecule has 2 rings (SSSR count). The van der Waals surface area contributed by atoms with Crippen LogP contribution in [0.1, 0.15) is 28.7 Å². The van der Waals surface area contributed by atoms with Crippen molar-refractivity contribution in [3.8, 4) is 11.5 Å². The summed E-state index contributed by atoms with van der Waals surface area (Å²) < 4.78 is 0. The number of carbonyl (C=O) groups excluding carboxylic acids is 1. The molecule has 3 nitrogen and oxygen atoms in total. The normalized spacial score (nSPS) is 11.3. The minimum Gasteiger partial charge on any atom is -0.504 e. The average molecular weight is 334 g/mol. The van der Waals surface area contributed by atoms with Crippen LogP contribution >= 0.6 is 0 Å². The van der Waals surface area contributed by atoms with Gasteiger partial charge in [0.25, 0.3) is 0 Å². The zero-order valence-corrected chi connectivity index (χ0v) is 14.5. The average Bonchev–Trinajstić information content (AvgIpc) is 2.57. The third kappa shape index (κ3) is 5.50. The quantitative estimate of drug-likeness (QED) is 0.446. The number of phenols is 2. The smallest absolute Gasteiger partial charge is 0.160 e. The van der Waals surface area contributed by atoms with Crippen molar-refractivity contribution in [2.75, 3.05) is 0 Å². The number of aromatic hydroxyl groups is 2. The first-order valence-corrected chi connectivity index (χ1v) is 8.01. The van der Waals surface area contributed by atoms with Crippen molar-refractivity contribution in [2.24, 2.45) is 0 Å². The van der Waals surface area contributed by atoms with E-state index in [1.165, 1.54) is 29.3 Å². The number of allylic oxidation sites excluding steroid dienone is 3. The van der Waals surface area contributed by atoms with E-state index >= 15 is 0 Å². The van der Waals surface area contributed by atoms with Gasteiger partial charge in [-0.15, -0.1) is 0 Å². The zero-order chi connectivity index (χ0) is 18.4. The van der Waals surface area contributed by atoms with E-state index in [1.807, 2.05) is 18.2 Å². The first-order chi connectivity index (χ1) is 11.8. The summed E-state index contributed by atoms with van der Waals surface area (Å²) >= 11 is 0. The molecule has 0 saturated heterocycles. The number of phenolic OH excluding ortho intramolecular Hbond substituents is 2. The summed E-state index contributed by atoms with van der Waals surface area (Å²) in [7, 11) is 0. The molecule has 128 valence electrons. The first-order valence-electron chi connectivity index (χ1n) is 8.01. The molecule has 0 saturated carbocycles. The molecule has 3 heteroatoms. The number of ketones is 1. The highest BCUT2D eigenvalue weighted by molar-refractivity contribution is 5.95. The molecule has 0 heterocycles. The van der Waals surface area contributed by atoms with Crippen LogP contribution in [0.3, 0.4) is 0 Å². The van der Waals surface area contributed by atoms with Crippen LogP contribution in [0.15, 0.2) is 60.7 Å². The second-order valence-corrected chi connectivity index (χ2v) is 6.06. The Hall–Kier alpha value is -3.07. The summed E-state index contributed by atoms with van der Waals surface area (Å²) in [6.07, 6.45) is 7.07. The predicted molar refractivity (Wildman–Crippen MR) is 103 cm³/mol. The molecule has 0 spiro atoms. The fourth-order valence-electron chi connectivity index (χ4n) is 2.26. The van der Waals surface area contributed by atoms with Gasteiger partial charge in [0.2, 0.25) is 0 Å². The number of aryl methyl sites for hydroxylation is 2. The summed E-state index contributed by atoms with van der Waals surface area (Å²) in [5.74, 6) is -0.481. The molecule has 0 aliphatic heterocycles. The van der Waals surface area contributed by atoms with Crippen LogP contribution in [0, 0.1) is 13.8 Å². The minimum absolute atomic E-state index is 0.0812. The molecular weight excluding hydrogens is 312 g/mol. The Morgan fingerprint density at radius 1 is 0.920 bits per heavy atom. The van der Waals surface area contributed by atoms with Crippen molar-refractivity contribution in [3.63, 3.8) is 0 Å². The molecule has 0 unspecified atom stereocenters. The number of carbonyl (C=O) groups is 1. The van der Waals surface area contributed by atoms with Crippen LogP contribution in [-0.2, 0) is 4.79 Å². The molecule has 2 aromatic rings. The Morgan fingerprint density at radius 2 is 1.56 bits per heavy atom. The lowest BCUT2D eigenvalue weighted by Crippen LogP contribution is -1.93. The van der Waals surface area contributed by atoms with E-state index in [0.29, 0.717) is 5.56 Å². The SMILES string of the molecule is C=C(/C=C/c1ccc(C)c(C)c1)CC(=O)/C=C/c1ccc(O)c(O)c1. The molecule has 0 fully saturated rings. The van der Waals surface area contributed by atoms with E-state index in [0.717, 1.165) is 11.1 Å². The highest BCUT2D eigenvalue weighted by Gasteiger charge is 2.01. The lowest BCUT2D eigenvalue weighted by molar-refractivity contribution is -0.113. The van der Waals surface area contributed by atoms with Gasteiger partial charge in [-0.05, 0) is 59.9 Å². The Bertz CT molecular complexity index is 786. The van der Waals surface area contributed by atoms with Gasteiger partial charge < -0.3 is 10.2 Å². The minimum atomic E-state index is -0.213. The number of hydrogen-bond donors (Lipinski definition) is 2. The molecule has 0 aromatic heterocycles. The fraction of sp³-hybridized carbons (Fsp3) is 0.136. The molecule has 0 aliphatic rings. The number of rotatable bonds is 6. The van der Waals surface area contributed by atoms with Crippen LogP contribution in [0.2, 0.25) is 0 Å². The van der Waals surface area contributed by atoms with Crippen LogP contribution in [0.5, 0.6) is 11.5 Å². The summed E-state index contributed by atoms with van der Waals surface area (Å²) in [6.45, 7) is 8.05. The molecular formula is C22H22O3. The van der Waals surface area contributed by atoms with Crippen molar-refractivity contribution >= 4 is 17.9 Å². The van der Waals surface area contributed by atoms with Gasteiger partial charge in [0.15, 0.2) is 17.3 Å². The Morgan fingerprint density at radius 3 is 2.24 bits per heavy atom. The van der Waals surface area contributed by atoms with Crippen LogP contribution < -0.4 is 0 Å². The Kier molecular flexibility index (Phi) is 5.96. The zero-order valence-electron chi connectivity index (χ0n) is 14.5. The molecule has 0 aliphatic carbocycles. The molecule has 2 N–H and O–H groups in total. The third-order valence-electron chi connectivity index (χ3n) is 3.90.